The molecule has 6 unspecified atom stereocenters. The van der Waals surface area contributed by atoms with Crippen LogP contribution in [0, 0.1) is 46.3 Å². The van der Waals surface area contributed by atoms with Crippen molar-refractivity contribution in [1.29, 1.82) is 0 Å². The molecule has 1 aromatic rings. The topological polar surface area (TPSA) is 30.0 Å². The summed E-state index contributed by atoms with van der Waals surface area (Å²) < 4.78 is 0. The standard InChI is InChI=1S/C26H35NO/c1-16-14-26(4)20(17(2)24(16)28)8-7-19-22-10-9-21(18-6-5-13-27-15-18)25(22,3)12-11-23(19)26/h5-6,9,13,15-17,19-20,22-23H,7-8,10-12,14H2,1-4H3/t16?,17?,19?,20?,22?,23?,25-,26+/m1/s1. The molecule has 3 saturated carbocycles. The Labute approximate surface area is 170 Å². The first kappa shape index (κ1) is 18.6. The van der Waals surface area contributed by atoms with Crippen molar-refractivity contribution < 1.29 is 4.79 Å². The second kappa shape index (κ2) is 6.28. The van der Waals surface area contributed by atoms with Gasteiger partial charge in [-0.15, -0.1) is 0 Å². The van der Waals surface area contributed by atoms with Gasteiger partial charge in [-0.1, -0.05) is 39.8 Å². The van der Waals surface area contributed by atoms with Gasteiger partial charge in [-0.2, -0.15) is 0 Å². The molecule has 8 atom stereocenters. The third-order valence-corrected chi connectivity index (χ3v) is 9.78. The summed E-state index contributed by atoms with van der Waals surface area (Å²) in [5, 5.41) is 0. The Kier molecular flexibility index (Phi) is 4.17. The number of pyridine rings is 1. The van der Waals surface area contributed by atoms with Gasteiger partial charge in [0.1, 0.15) is 5.78 Å². The van der Waals surface area contributed by atoms with E-state index in [2.05, 4.69) is 57.1 Å². The molecule has 0 radical (unpaired) electrons. The maximum Gasteiger partial charge on any atom is 0.138 e. The molecule has 28 heavy (non-hydrogen) atoms. The number of aromatic nitrogens is 1. The second-order valence-corrected chi connectivity index (χ2v) is 10.9. The van der Waals surface area contributed by atoms with Crippen LogP contribution in [0.4, 0.5) is 0 Å². The van der Waals surface area contributed by atoms with E-state index in [0.717, 1.165) is 24.2 Å². The third kappa shape index (κ3) is 2.39. The first-order chi connectivity index (χ1) is 13.4. The van der Waals surface area contributed by atoms with Crippen molar-refractivity contribution in [3.8, 4) is 0 Å². The van der Waals surface area contributed by atoms with E-state index in [4.69, 9.17) is 0 Å². The average Bonchev–Trinajstić information content (AvgIpc) is 3.04. The van der Waals surface area contributed by atoms with Gasteiger partial charge >= 0.3 is 0 Å². The molecule has 1 aromatic heterocycles. The summed E-state index contributed by atoms with van der Waals surface area (Å²) in [5.74, 6) is 4.02. The Balaban J connectivity index is 1.46. The lowest BCUT2D eigenvalue weighted by Crippen LogP contribution is -2.56. The first-order valence-electron chi connectivity index (χ1n) is 11.5. The number of hydrogen-bond acceptors (Lipinski definition) is 2. The van der Waals surface area contributed by atoms with E-state index in [-0.39, 0.29) is 11.8 Å². The van der Waals surface area contributed by atoms with Crippen LogP contribution in [0.2, 0.25) is 0 Å². The Morgan fingerprint density at radius 1 is 1.07 bits per heavy atom. The Morgan fingerprint density at radius 2 is 1.89 bits per heavy atom. The lowest BCUT2D eigenvalue weighted by atomic mass is 9.42. The number of hydrogen-bond donors (Lipinski definition) is 0. The minimum absolute atomic E-state index is 0.246. The summed E-state index contributed by atoms with van der Waals surface area (Å²) in [5.41, 5.74) is 3.54. The smallest absolute Gasteiger partial charge is 0.138 e. The Bertz CT molecular complexity index is 813. The summed E-state index contributed by atoms with van der Waals surface area (Å²) in [4.78, 5) is 17.1. The Hall–Kier alpha value is -1.44. The lowest BCUT2D eigenvalue weighted by Gasteiger charge is -2.62. The van der Waals surface area contributed by atoms with E-state index in [0.29, 0.717) is 22.5 Å². The summed E-state index contributed by atoms with van der Waals surface area (Å²) >= 11 is 0. The average molecular weight is 378 g/mol. The molecule has 2 nitrogen and oxygen atoms in total. The van der Waals surface area contributed by atoms with Crippen LogP contribution in [-0.2, 0) is 4.79 Å². The molecule has 0 spiro atoms. The molecule has 4 aliphatic rings. The zero-order valence-electron chi connectivity index (χ0n) is 17.9. The largest absolute Gasteiger partial charge is 0.299 e. The molecule has 150 valence electrons. The molecular formula is C26H35NO. The minimum Gasteiger partial charge on any atom is -0.299 e. The normalized spacial score (nSPS) is 47.7. The lowest BCUT2D eigenvalue weighted by molar-refractivity contribution is -0.153. The molecule has 3 fully saturated rings. The fourth-order valence-electron chi connectivity index (χ4n) is 8.55. The van der Waals surface area contributed by atoms with Gasteiger partial charge in [-0.25, -0.2) is 0 Å². The number of ketones is 1. The van der Waals surface area contributed by atoms with Crippen molar-refractivity contribution >= 4 is 11.4 Å². The number of carbonyl (C=O) groups is 1. The first-order valence-corrected chi connectivity index (χ1v) is 11.5. The van der Waals surface area contributed by atoms with Crippen LogP contribution in [0.5, 0.6) is 0 Å². The zero-order chi connectivity index (χ0) is 19.7. The molecule has 4 aliphatic carbocycles. The predicted molar refractivity (Wildman–Crippen MR) is 113 cm³/mol. The number of nitrogens with zero attached hydrogens (tertiary/aromatic N) is 1. The maximum absolute atomic E-state index is 12.7. The molecule has 0 bridgehead atoms. The van der Waals surface area contributed by atoms with Crippen LogP contribution in [-0.4, -0.2) is 10.8 Å². The van der Waals surface area contributed by atoms with Gasteiger partial charge in [0, 0.05) is 24.2 Å². The van der Waals surface area contributed by atoms with Crippen LogP contribution >= 0.6 is 0 Å². The third-order valence-electron chi connectivity index (χ3n) is 9.78. The van der Waals surface area contributed by atoms with Crippen LogP contribution in [0.3, 0.4) is 0 Å². The van der Waals surface area contributed by atoms with E-state index >= 15 is 0 Å². The van der Waals surface area contributed by atoms with Crippen molar-refractivity contribution in [3.05, 3.63) is 36.2 Å². The van der Waals surface area contributed by atoms with Crippen molar-refractivity contribution in [1.82, 2.24) is 4.98 Å². The van der Waals surface area contributed by atoms with Crippen LogP contribution in [0.15, 0.2) is 30.6 Å². The predicted octanol–water partition coefficient (Wildman–Crippen LogP) is 6.18. The number of allylic oxidation sites excluding steroid dienone is 2. The molecule has 0 N–H and O–H groups in total. The van der Waals surface area contributed by atoms with Crippen LogP contribution in [0.25, 0.3) is 5.57 Å². The highest BCUT2D eigenvalue weighted by Gasteiger charge is 2.60. The molecule has 0 aromatic carbocycles. The molecule has 1 heterocycles. The zero-order valence-corrected chi connectivity index (χ0v) is 17.9. The van der Waals surface area contributed by atoms with E-state index in [1.807, 2.05) is 6.20 Å². The summed E-state index contributed by atoms with van der Waals surface area (Å²) in [6.07, 6.45) is 14.0. The highest BCUT2D eigenvalue weighted by Crippen LogP contribution is 2.68. The molecular weight excluding hydrogens is 342 g/mol. The fraction of sp³-hybridized carbons (Fsp3) is 0.692. The number of carbonyl (C=O) groups excluding carboxylic acids is 1. The number of fused-ring (bicyclic) bond motifs is 5. The number of Topliss-reactive ketones (excluding diaryl/α,β-unsaturated/α-hetero) is 1. The molecule has 2 heteroatoms. The molecule has 0 saturated heterocycles. The Morgan fingerprint density at radius 3 is 2.64 bits per heavy atom. The van der Waals surface area contributed by atoms with Gasteiger partial charge in [-0.3, -0.25) is 9.78 Å². The van der Waals surface area contributed by atoms with E-state index in [1.165, 1.54) is 37.7 Å². The van der Waals surface area contributed by atoms with Crippen molar-refractivity contribution in [2.24, 2.45) is 46.3 Å². The molecule has 0 aliphatic heterocycles. The van der Waals surface area contributed by atoms with Gasteiger partial charge in [0.15, 0.2) is 0 Å². The van der Waals surface area contributed by atoms with Gasteiger partial charge in [0.2, 0.25) is 0 Å². The summed E-state index contributed by atoms with van der Waals surface area (Å²) in [7, 11) is 0. The van der Waals surface area contributed by atoms with Gasteiger partial charge in [0.25, 0.3) is 0 Å². The quantitative estimate of drug-likeness (QED) is 0.585. The number of rotatable bonds is 1. The fourth-order valence-corrected chi connectivity index (χ4v) is 8.55. The van der Waals surface area contributed by atoms with Crippen molar-refractivity contribution in [2.75, 3.05) is 0 Å². The van der Waals surface area contributed by atoms with Crippen molar-refractivity contribution in [2.45, 2.75) is 66.2 Å². The van der Waals surface area contributed by atoms with Gasteiger partial charge in [-0.05, 0) is 90.2 Å². The van der Waals surface area contributed by atoms with Gasteiger partial charge in [0.05, 0.1) is 0 Å². The summed E-state index contributed by atoms with van der Waals surface area (Å²) in [6.45, 7) is 9.51. The second-order valence-electron chi connectivity index (χ2n) is 10.9. The molecule has 0 amide bonds. The SMILES string of the molecule is CC1C[C@@]2(C)C(CCC3C2CC[C@]2(C)C(c4cccnc4)=CCC32)C(C)C1=O. The monoisotopic (exact) mass is 377 g/mol. The van der Waals surface area contributed by atoms with E-state index in [9.17, 15) is 4.79 Å². The summed E-state index contributed by atoms with van der Waals surface area (Å²) in [6, 6.07) is 4.32. The van der Waals surface area contributed by atoms with Crippen LogP contribution < -0.4 is 0 Å². The molecule has 5 rings (SSSR count). The van der Waals surface area contributed by atoms with Crippen LogP contribution in [0.1, 0.15) is 71.8 Å². The minimum atomic E-state index is 0.246. The maximum atomic E-state index is 12.7. The van der Waals surface area contributed by atoms with Crippen molar-refractivity contribution in [3.63, 3.8) is 0 Å². The highest BCUT2D eigenvalue weighted by atomic mass is 16.1. The van der Waals surface area contributed by atoms with Gasteiger partial charge < -0.3 is 0 Å². The van der Waals surface area contributed by atoms with E-state index in [1.54, 1.807) is 5.57 Å². The highest BCUT2D eigenvalue weighted by molar-refractivity contribution is 5.84. The van der Waals surface area contributed by atoms with E-state index < -0.39 is 0 Å².